The lowest BCUT2D eigenvalue weighted by atomic mass is 10.1. The lowest BCUT2D eigenvalue weighted by Crippen LogP contribution is -2.13. The smallest absolute Gasteiger partial charge is 0.212 e. The highest BCUT2D eigenvalue weighted by molar-refractivity contribution is 5.53. The highest BCUT2D eigenvalue weighted by Crippen LogP contribution is 2.10. The molecule has 0 saturated carbocycles. The summed E-state index contributed by atoms with van der Waals surface area (Å²) in [4.78, 5) is 10.0. The molecule has 0 fully saturated rings. The molecule has 0 aromatic rings. The minimum Gasteiger partial charge on any atom is -0.362 e. The second-order valence-corrected chi connectivity index (χ2v) is 4.58. The standard InChI is InChI=1S/C14H28O3/c1-2-3-4-5-6-7-8-9-10-11-12-17-14(16)13-15/h13-14,16H,2-12H2,1H3. The van der Waals surface area contributed by atoms with Gasteiger partial charge in [0.2, 0.25) is 6.29 Å². The zero-order valence-electron chi connectivity index (χ0n) is 11.2. The Labute approximate surface area is 106 Å². The zero-order valence-corrected chi connectivity index (χ0v) is 11.2. The summed E-state index contributed by atoms with van der Waals surface area (Å²) in [7, 11) is 0. The van der Waals surface area contributed by atoms with Gasteiger partial charge in [-0.15, -0.1) is 0 Å². The van der Waals surface area contributed by atoms with E-state index in [1.165, 1.54) is 51.4 Å². The number of hydrogen-bond acceptors (Lipinski definition) is 3. The molecule has 0 aliphatic carbocycles. The van der Waals surface area contributed by atoms with Gasteiger partial charge in [0.05, 0.1) is 6.61 Å². The van der Waals surface area contributed by atoms with Gasteiger partial charge < -0.3 is 9.84 Å². The number of aldehydes is 1. The summed E-state index contributed by atoms with van der Waals surface area (Å²) in [6, 6.07) is 0. The molecule has 0 aliphatic rings. The van der Waals surface area contributed by atoms with Crippen LogP contribution in [0.15, 0.2) is 0 Å². The van der Waals surface area contributed by atoms with E-state index in [1.54, 1.807) is 0 Å². The second kappa shape index (κ2) is 13.7. The molecule has 17 heavy (non-hydrogen) atoms. The third-order valence-corrected chi connectivity index (χ3v) is 2.90. The third kappa shape index (κ3) is 13.5. The van der Waals surface area contributed by atoms with E-state index in [4.69, 9.17) is 9.84 Å². The lowest BCUT2D eigenvalue weighted by molar-refractivity contribution is -0.142. The van der Waals surface area contributed by atoms with Crippen LogP contribution in [0.3, 0.4) is 0 Å². The fourth-order valence-corrected chi connectivity index (χ4v) is 1.83. The molecule has 1 atom stereocenters. The first-order valence-electron chi connectivity index (χ1n) is 7.06. The highest BCUT2D eigenvalue weighted by Gasteiger charge is 1.99. The van der Waals surface area contributed by atoms with Crippen molar-refractivity contribution in [3.05, 3.63) is 0 Å². The largest absolute Gasteiger partial charge is 0.362 e. The third-order valence-electron chi connectivity index (χ3n) is 2.90. The normalized spacial score (nSPS) is 12.6. The molecule has 0 rings (SSSR count). The number of rotatable bonds is 13. The van der Waals surface area contributed by atoms with Crippen molar-refractivity contribution in [2.75, 3.05) is 6.61 Å². The van der Waals surface area contributed by atoms with Gasteiger partial charge in [-0.1, -0.05) is 64.7 Å². The summed E-state index contributed by atoms with van der Waals surface area (Å²) in [5.41, 5.74) is 0. The van der Waals surface area contributed by atoms with E-state index in [2.05, 4.69) is 6.92 Å². The van der Waals surface area contributed by atoms with E-state index in [-0.39, 0.29) is 0 Å². The molecule has 0 spiro atoms. The Bertz CT molecular complexity index is 160. The molecule has 1 unspecified atom stereocenters. The first-order valence-corrected chi connectivity index (χ1v) is 7.06. The van der Waals surface area contributed by atoms with Gasteiger partial charge in [-0.3, -0.25) is 4.79 Å². The average molecular weight is 244 g/mol. The minimum absolute atomic E-state index is 0.413. The summed E-state index contributed by atoms with van der Waals surface area (Å²) >= 11 is 0. The maximum Gasteiger partial charge on any atom is 0.212 e. The molecule has 0 amide bonds. The van der Waals surface area contributed by atoms with Crippen LogP contribution >= 0.6 is 0 Å². The highest BCUT2D eigenvalue weighted by atomic mass is 16.6. The van der Waals surface area contributed by atoms with Crippen LogP contribution in [0, 0.1) is 0 Å². The minimum atomic E-state index is -1.23. The molecule has 0 bridgehead atoms. The molecule has 0 heterocycles. The summed E-state index contributed by atoms with van der Waals surface area (Å²) in [6.07, 6.45) is 11.9. The molecule has 102 valence electrons. The van der Waals surface area contributed by atoms with Crippen LogP contribution in [0.2, 0.25) is 0 Å². The Morgan fingerprint density at radius 3 is 1.88 bits per heavy atom. The van der Waals surface area contributed by atoms with Gasteiger partial charge in [-0.25, -0.2) is 0 Å². The number of carbonyl (C=O) groups is 1. The number of carbonyl (C=O) groups excluding carboxylic acids is 1. The van der Waals surface area contributed by atoms with E-state index in [1.807, 2.05) is 0 Å². The topological polar surface area (TPSA) is 46.5 Å². The Balaban J connectivity index is 2.96. The Morgan fingerprint density at radius 2 is 1.41 bits per heavy atom. The van der Waals surface area contributed by atoms with Crippen LogP contribution in [0.5, 0.6) is 0 Å². The van der Waals surface area contributed by atoms with E-state index < -0.39 is 6.29 Å². The number of unbranched alkanes of at least 4 members (excludes halogenated alkanes) is 9. The van der Waals surface area contributed by atoms with Crippen LogP contribution in [-0.2, 0) is 9.53 Å². The predicted molar refractivity (Wildman–Crippen MR) is 69.9 cm³/mol. The fourth-order valence-electron chi connectivity index (χ4n) is 1.83. The van der Waals surface area contributed by atoms with Gasteiger partial charge in [-0.2, -0.15) is 0 Å². The first-order chi connectivity index (χ1) is 8.31. The quantitative estimate of drug-likeness (QED) is 0.307. The number of aliphatic hydroxyl groups is 1. The van der Waals surface area contributed by atoms with E-state index in [9.17, 15) is 4.79 Å². The van der Waals surface area contributed by atoms with Gasteiger partial charge in [-0.05, 0) is 6.42 Å². The van der Waals surface area contributed by atoms with Gasteiger partial charge in [0.15, 0.2) is 6.29 Å². The predicted octanol–water partition coefficient (Wildman–Crippen LogP) is 3.44. The van der Waals surface area contributed by atoms with Crippen LogP contribution in [0.1, 0.15) is 71.1 Å². The molecule has 0 radical (unpaired) electrons. The monoisotopic (exact) mass is 244 g/mol. The maximum absolute atomic E-state index is 10.0. The number of ether oxygens (including phenoxy) is 1. The Morgan fingerprint density at radius 1 is 0.941 bits per heavy atom. The summed E-state index contributed by atoms with van der Waals surface area (Å²) in [5, 5.41) is 8.81. The molecule has 0 saturated heterocycles. The van der Waals surface area contributed by atoms with Crippen molar-refractivity contribution in [1.82, 2.24) is 0 Å². The molecular weight excluding hydrogens is 216 g/mol. The number of hydrogen-bond donors (Lipinski definition) is 1. The van der Waals surface area contributed by atoms with Gasteiger partial charge >= 0.3 is 0 Å². The van der Waals surface area contributed by atoms with E-state index >= 15 is 0 Å². The summed E-state index contributed by atoms with van der Waals surface area (Å²) in [5.74, 6) is 0. The summed E-state index contributed by atoms with van der Waals surface area (Å²) in [6.45, 7) is 2.72. The van der Waals surface area contributed by atoms with Gasteiger partial charge in [0, 0.05) is 0 Å². The van der Waals surface area contributed by atoms with Crippen molar-refractivity contribution in [2.24, 2.45) is 0 Å². The molecule has 0 aromatic heterocycles. The molecular formula is C14H28O3. The summed E-state index contributed by atoms with van der Waals surface area (Å²) < 4.78 is 4.85. The Hall–Kier alpha value is -0.410. The van der Waals surface area contributed by atoms with Crippen molar-refractivity contribution in [3.8, 4) is 0 Å². The van der Waals surface area contributed by atoms with Crippen LogP contribution in [0.25, 0.3) is 0 Å². The maximum atomic E-state index is 10.0. The van der Waals surface area contributed by atoms with Crippen molar-refractivity contribution >= 4 is 6.29 Å². The zero-order chi connectivity index (χ0) is 12.8. The van der Waals surface area contributed by atoms with Crippen molar-refractivity contribution in [2.45, 2.75) is 77.4 Å². The molecule has 0 aliphatic heterocycles. The van der Waals surface area contributed by atoms with Crippen molar-refractivity contribution in [1.29, 1.82) is 0 Å². The second-order valence-electron chi connectivity index (χ2n) is 4.58. The van der Waals surface area contributed by atoms with Crippen molar-refractivity contribution < 1.29 is 14.6 Å². The van der Waals surface area contributed by atoms with E-state index in [0.29, 0.717) is 12.9 Å². The average Bonchev–Trinajstić information content (AvgIpc) is 2.35. The molecule has 3 nitrogen and oxygen atoms in total. The Kier molecular flexibility index (Phi) is 13.3. The van der Waals surface area contributed by atoms with Crippen molar-refractivity contribution in [3.63, 3.8) is 0 Å². The molecule has 3 heteroatoms. The number of aliphatic hydroxyl groups excluding tert-OH is 1. The van der Waals surface area contributed by atoms with Crippen LogP contribution < -0.4 is 0 Å². The van der Waals surface area contributed by atoms with Crippen LogP contribution in [-0.4, -0.2) is 24.3 Å². The van der Waals surface area contributed by atoms with Crippen LogP contribution in [0.4, 0.5) is 0 Å². The van der Waals surface area contributed by atoms with Gasteiger partial charge in [0.25, 0.3) is 0 Å². The fraction of sp³-hybridized carbons (Fsp3) is 0.929. The first kappa shape index (κ1) is 16.6. The molecule has 0 aromatic carbocycles. The molecule has 1 N–H and O–H groups in total. The van der Waals surface area contributed by atoms with E-state index in [0.717, 1.165) is 12.8 Å². The van der Waals surface area contributed by atoms with Gasteiger partial charge in [0.1, 0.15) is 0 Å². The lowest BCUT2D eigenvalue weighted by Gasteiger charge is -2.05. The SMILES string of the molecule is CCCCCCCCCCCCOC(O)C=O.